The summed E-state index contributed by atoms with van der Waals surface area (Å²) < 4.78 is 60.5. The maximum absolute atomic E-state index is 13.8. The number of benzene rings is 2. The van der Waals surface area contributed by atoms with Crippen LogP contribution in [0.5, 0.6) is 0 Å². The van der Waals surface area contributed by atoms with E-state index in [-0.39, 0.29) is 22.8 Å². The summed E-state index contributed by atoms with van der Waals surface area (Å²) in [4.78, 5) is 21.5. The molecule has 4 aromatic rings. The number of amides is 1. The van der Waals surface area contributed by atoms with E-state index in [1.54, 1.807) is 6.92 Å². The first-order valence-electron chi connectivity index (χ1n) is 9.68. The number of aromatic nitrogens is 3. The highest BCUT2D eigenvalue weighted by Crippen LogP contribution is 2.45. The molecule has 10 heteroatoms. The topological polar surface area (TPSA) is 72.1 Å². The number of carbonyl (C=O) groups is 1. The molecule has 0 spiro atoms. The molecule has 0 aliphatic carbocycles. The van der Waals surface area contributed by atoms with Crippen molar-refractivity contribution < 1.29 is 26.9 Å². The van der Waals surface area contributed by atoms with Crippen LogP contribution in [0.15, 0.2) is 65.6 Å². The van der Waals surface area contributed by atoms with Crippen LogP contribution in [0.25, 0.3) is 22.5 Å². The minimum atomic E-state index is -4.73. The molecule has 2 aromatic carbocycles. The Hall–Kier alpha value is -4.08. The van der Waals surface area contributed by atoms with E-state index in [1.165, 1.54) is 48.9 Å². The number of halogens is 4. The fourth-order valence-electron chi connectivity index (χ4n) is 3.42. The molecule has 0 aliphatic heterocycles. The number of alkyl halides is 3. The van der Waals surface area contributed by atoms with Gasteiger partial charge in [0.05, 0.1) is 22.5 Å². The standard InChI is InChI=1S/C23H16F4N4O2/c1-13-11-15(7-8-17(13)24)21-20(18-9-10-28-12-29-18)22(33-30-21)31(14(2)32)19-6-4-3-5-16(19)23(25,26)27/h3-12H,1-2H3. The first-order valence-corrected chi connectivity index (χ1v) is 9.68. The molecular weight excluding hydrogens is 440 g/mol. The lowest BCUT2D eigenvalue weighted by Crippen LogP contribution is -2.26. The van der Waals surface area contributed by atoms with Gasteiger partial charge in [0.25, 0.3) is 0 Å². The van der Waals surface area contributed by atoms with Crippen LogP contribution in [-0.4, -0.2) is 21.0 Å². The maximum Gasteiger partial charge on any atom is 0.418 e. The van der Waals surface area contributed by atoms with Gasteiger partial charge in [-0.2, -0.15) is 13.2 Å². The van der Waals surface area contributed by atoms with E-state index in [4.69, 9.17) is 4.52 Å². The van der Waals surface area contributed by atoms with Gasteiger partial charge < -0.3 is 4.52 Å². The first kappa shape index (κ1) is 22.1. The molecular formula is C23H16F4N4O2. The third-order valence-corrected chi connectivity index (χ3v) is 4.91. The van der Waals surface area contributed by atoms with Crippen LogP contribution in [0.4, 0.5) is 29.1 Å². The zero-order valence-corrected chi connectivity index (χ0v) is 17.4. The zero-order chi connectivity index (χ0) is 23.8. The predicted molar refractivity (Wildman–Crippen MR) is 112 cm³/mol. The molecule has 0 N–H and O–H groups in total. The normalized spacial score (nSPS) is 11.5. The van der Waals surface area contributed by atoms with E-state index in [0.717, 1.165) is 24.0 Å². The largest absolute Gasteiger partial charge is 0.418 e. The minimum absolute atomic E-state index is 0.163. The fraction of sp³-hybridized carbons (Fsp3) is 0.130. The monoisotopic (exact) mass is 456 g/mol. The van der Waals surface area contributed by atoms with Gasteiger partial charge in [0.1, 0.15) is 17.8 Å². The van der Waals surface area contributed by atoms with E-state index in [2.05, 4.69) is 15.1 Å². The summed E-state index contributed by atoms with van der Waals surface area (Å²) in [5.41, 5.74) is -0.0797. The Kier molecular flexibility index (Phi) is 5.67. The number of hydrogen-bond donors (Lipinski definition) is 0. The number of nitrogens with zero attached hydrogens (tertiary/aromatic N) is 4. The van der Waals surface area contributed by atoms with Gasteiger partial charge in [-0.15, -0.1) is 0 Å². The summed E-state index contributed by atoms with van der Waals surface area (Å²) in [6.07, 6.45) is -2.05. The van der Waals surface area contributed by atoms with Crippen molar-refractivity contribution in [2.45, 2.75) is 20.0 Å². The van der Waals surface area contributed by atoms with E-state index in [0.29, 0.717) is 11.1 Å². The Morgan fingerprint density at radius 2 is 1.85 bits per heavy atom. The molecule has 0 bridgehead atoms. The molecule has 0 atom stereocenters. The van der Waals surface area contributed by atoms with E-state index >= 15 is 0 Å². The van der Waals surface area contributed by atoms with Crippen LogP contribution in [0.1, 0.15) is 18.1 Å². The lowest BCUT2D eigenvalue weighted by molar-refractivity contribution is -0.137. The molecule has 2 aromatic heterocycles. The highest BCUT2D eigenvalue weighted by molar-refractivity contribution is 6.03. The smallest absolute Gasteiger partial charge is 0.336 e. The van der Waals surface area contributed by atoms with E-state index < -0.39 is 29.2 Å². The lowest BCUT2D eigenvalue weighted by atomic mass is 10.0. The highest BCUT2D eigenvalue weighted by Gasteiger charge is 2.38. The van der Waals surface area contributed by atoms with Crippen LogP contribution in [0, 0.1) is 12.7 Å². The van der Waals surface area contributed by atoms with Crippen molar-refractivity contribution >= 4 is 17.5 Å². The number of anilines is 2. The molecule has 0 aliphatic rings. The van der Waals surface area contributed by atoms with Gasteiger partial charge in [-0.05, 0) is 48.9 Å². The molecule has 1 amide bonds. The average Bonchev–Trinajstić information content (AvgIpc) is 3.20. The Morgan fingerprint density at radius 1 is 1.09 bits per heavy atom. The second kappa shape index (κ2) is 8.45. The van der Waals surface area contributed by atoms with Gasteiger partial charge >= 0.3 is 6.18 Å². The summed E-state index contributed by atoms with van der Waals surface area (Å²) in [6, 6.07) is 10.4. The Bertz CT molecular complexity index is 1320. The van der Waals surface area contributed by atoms with Crippen LogP contribution in [-0.2, 0) is 11.0 Å². The first-order chi connectivity index (χ1) is 15.7. The predicted octanol–water partition coefficient (Wildman–Crippen LogP) is 5.95. The van der Waals surface area contributed by atoms with E-state index in [1.807, 2.05) is 0 Å². The molecule has 6 nitrogen and oxygen atoms in total. The van der Waals surface area contributed by atoms with Gasteiger partial charge in [0.2, 0.25) is 11.8 Å². The van der Waals surface area contributed by atoms with Crippen LogP contribution in [0.2, 0.25) is 0 Å². The Morgan fingerprint density at radius 3 is 2.48 bits per heavy atom. The quantitative estimate of drug-likeness (QED) is 0.355. The number of aryl methyl sites for hydroxylation is 1. The van der Waals surface area contributed by atoms with Crippen molar-refractivity contribution in [3.8, 4) is 22.5 Å². The molecule has 2 heterocycles. The third kappa shape index (κ3) is 4.19. The van der Waals surface area contributed by atoms with Gasteiger partial charge in [-0.25, -0.2) is 19.3 Å². The van der Waals surface area contributed by atoms with Gasteiger partial charge in [0, 0.05) is 18.7 Å². The molecule has 168 valence electrons. The summed E-state index contributed by atoms with van der Waals surface area (Å²) in [7, 11) is 0. The van der Waals surface area contributed by atoms with Gasteiger partial charge in [-0.3, -0.25) is 4.79 Å². The van der Waals surface area contributed by atoms with Gasteiger partial charge in [-0.1, -0.05) is 17.3 Å². The SMILES string of the molecule is CC(=O)N(c1ccccc1C(F)(F)F)c1onc(-c2ccc(F)c(C)c2)c1-c1ccncn1. The molecule has 33 heavy (non-hydrogen) atoms. The molecule has 0 fully saturated rings. The Balaban J connectivity index is 2.00. The van der Waals surface area contributed by atoms with Crippen molar-refractivity contribution in [1.82, 2.24) is 15.1 Å². The molecule has 0 saturated heterocycles. The number of para-hydroxylation sites is 1. The molecule has 0 saturated carbocycles. The van der Waals surface area contributed by atoms with Crippen molar-refractivity contribution in [3.05, 3.63) is 78.0 Å². The molecule has 0 radical (unpaired) electrons. The second-order valence-corrected chi connectivity index (χ2v) is 7.14. The van der Waals surface area contributed by atoms with Crippen LogP contribution < -0.4 is 4.90 Å². The molecule has 0 unspecified atom stereocenters. The second-order valence-electron chi connectivity index (χ2n) is 7.14. The zero-order valence-electron chi connectivity index (χ0n) is 17.4. The van der Waals surface area contributed by atoms with Crippen molar-refractivity contribution in [2.75, 3.05) is 4.90 Å². The maximum atomic E-state index is 13.8. The van der Waals surface area contributed by atoms with E-state index in [9.17, 15) is 22.4 Å². The van der Waals surface area contributed by atoms with Gasteiger partial charge in [0.15, 0.2) is 0 Å². The summed E-state index contributed by atoms with van der Waals surface area (Å²) in [5, 5.41) is 4.02. The lowest BCUT2D eigenvalue weighted by Gasteiger charge is -2.23. The summed E-state index contributed by atoms with van der Waals surface area (Å²) in [6.45, 7) is 2.67. The minimum Gasteiger partial charge on any atom is -0.336 e. The molecule has 4 rings (SSSR count). The Labute approximate surface area is 185 Å². The number of carbonyl (C=O) groups excluding carboxylic acids is 1. The fourth-order valence-corrected chi connectivity index (χ4v) is 3.42. The third-order valence-electron chi connectivity index (χ3n) is 4.91. The average molecular weight is 456 g/mol. The van der Waals surface area contributed by atoms with Crippen molar-refractivity contribution in [1.29, 1.82) is 0 Å². The summed E-state index contributed by atoms with van der Waals surface area (Å²) >= 11 is 0. The van der Waals surface area contributed by atoms with Crippen molar-refractivity contribution in [3.63, 3.8) is 0 Å². The number of hydrogen-bond acceptors (Lipinski definition) is 5. The number of rotatable bonds is 4. The van der Waals surface area contributed by atoms with Crippen LogP contribution >= 0.6 is 0 Å². The van der Waals surface area contributed by atoms with Crippen molar-refractivity contribution in [2.24, 2.45) is 0 Å². The van der Waals surface area contributed by atoms with Crippen LogP contribution in [0.3, 0.4) is 0 Å². The summed E-state index contributed by atoms with van der Waals surface area (Å²) in [5.74, 6) is -1.43. The highest BCUT2D eigenvalue weighted by atomic mass is 19.4.